The first-order valence-corrected chi connectivity index (χ1v) is 10.1. The van der Waals surface area contributed by atoms with Crippen LogP contribution in [0.5, 0.6) is 0 Å². The minimum absolute atomic E-state index is 0.216. The highest BCUT2D eigenvalue weighted by Crippen LogP contribution is 2.23. The van der Waals surface area contributed by atoms with Crippen molar-refractivity contribution in [2.75, 3.05) is 26.9 Å². The molecule has 0 radical (unpaired) electrons. The predicted molar refractivity (Wildman–Crippen MR) is 114 cm³/mol. The van der Waals surface area contributed by atoms with E-state index < -0.39 is 12.0 Å². The first-order valence-electron chi connectivity index (χ1n) is 10.1. The summed E-state index contributed by atoms with van der Waals surface area (Å²) in [4.78, 5) is 43.0. The van der Waals surface area contributed by atoms with E-state index in [1.807, 2.05) is 13.0 Å². The van der Waals surface area contributed by atoms with Crippen LogP contribution >= 0.6 is 0 Å². The Labute approximate surface area is 177 Å². The summed E-state index contributed by atoms with van der Waals surface area (Å²) in [6.45, 7) is 8.55. The molecule has 2 aromatic rings. The van der Waals surface area contributed by atoms with Crippen molar-refractivity contribution in [2.45, 2.75) is 40.2 Å². The molecule has 30 heavy (non-hydrogen) atoms. The van der Waals surface area contributed by atoms with E-state index in [4.69, 9.17) is 9.47 Å². The molecule has 1 heterocycles. The lowest BCUT2D eigenvalue weighted by molar-refractivity contribution is 0.0588. The SMILES string of the molecule is CCOCCCN(C(=O)c1ccccc1)[C@H](C)C(=O)c1c(C)[nH]c(C(=O)OC)c1C. The highest BCUT2D eigenvalue weighted by atomic mass is 16.5. The van der Waals surface area contributed by atoms with Gasteiger partial charge in [0.15, 0.2) is 5.78 Å². The van der Waals surface area contributed by atoms with Gasteiger partial charge >= 0.3 is 5.97 Å². The summed E-state index contributed by atoms with van der Waals surface area (Å²) >= 11 is 0. The number of hydrogen-bond donors (Lipinski definition) is 1. The quantitative estimate of drug-likeness (QED) is 0.365. The zero-order chi connectivity index (χ0) is 22.3. The molecule has 7 nitrogen and oxygen atoms in total. The number of aromatic amines is 1. The van der Waals surface area contributed by atoms with Gasteiger partial charge in [-0.05, 0) is 51.8 Å². The molecular formula is C23H30N2O5. The van der Waals surface area contributed by atoms with E-state index in [-0.39, 0.29) is 17.4 Å². The minimum atomic E-state index is -0.710. The molecule has 0 aliphatic heterocycles. The summed E-state index contributed by atoms with van der Waals surface area (Å²) in [6, 6.07) is 8.18. The molecule has 1 aromatic carbocycles. The summed E-state index contributed by atoms with van der Waals surface area (Å²) in [5.41, 5.74) is 2.29. The lowest BCUT2D eigenvalue weighted by Gasteiger charge is -2.29. The van der Waals surface area contributed by atoms with Crippen LogP contribution in [0.3, 0.4) is 0 Å². The van der Waals surface area contributed by atoms with Crippen LogP contribution in [0, 0.1) is 13.8 Å². The fraction of sp³-hybridized carbons (Fsp3) is 0.435. The smallest absolute Gasteiger partial charge is 0.354 e. The van der Waals surface area contributed by atoms with Crippen molar-refractivity contribution in [2.24, 2.45) is 0 Å². The van der Waals surface area contributed by atoms with Gasteiger partial charge in [0.25, 0.3) is 5.91 Å². The van der Waals surface area contributed by atoms with E-state index in [0.717, 1.165) is 0 Å². The zero-order valence-electron chi connectivity index (χ0n) is 18.3. The van der Waals surface area contributed by atoms with E-state index in [9.17, 15) is 14.4 Å². The van der Waals surface area contributed by atoms with E-state index in [1.165, 1.54) is 7.11 Å². The van der Waals surface area contributed by atoms with Gasteiger partial charge in [-0.3, -0.25) is 9.59 Å². The van der Waals surface area contributed by atoms with E-state index in [0.29, 0.717) is 48.6 Å². The molecule has 1 aromatic heterocycles. The monoisotopic (exact) mass is 414 g/mol. The van der Waals surface area contributed by atoms with Gasteiger partial charge in [0.05, 0.1) is 13.2 Å². The molecule has 1 atom stereocenters. The third-order valence-corrected chi connectivity index (χ3v) is 5.09. The number of aromatic nitrogens is 1. The fourth-order valence-electron chi connectivity index (χ4n) is 3.48. The molecule has 2 rings (SSSR count). The summed E-state index contributed by atoms with van der Waals surface area (Å²) < 4.78 is 10.2. The van der Waals surface area contributed by atoms with Crippen LogP contribution in [-0.2, 0) is 9.47 Å². The number of carbonyl (C=O) groups excluding carboxylic acids is 3. The molecule has 1 N–H and O–H groups in total. The Morgan fingerprint density at radius 2 is 1.80 bits per heavy atom. The van der Waals surface area contributed by atoms with Gasteiger partial charge in [0.2, 0.25) is 0 Å². The first kappa shape index (κ1) is 23.3. The van der Waals surface area contributed by atoms with Crippen molar-refractivity contribution in [3.8, 4) is 0 Å². The molecule has 1 amide bonds. The number of ether oxygens (including phenoxy) is 2. The maximum Gasteiger partial charge on any atom is 0.354 e. The molecule has 0 aliphatic carbocycles. The number of hydrogen-bond acceptors (Lipinski definition) is 5. The molecule has 0 aliphatic rings. The van der Waals surface area contributed by atoms with Crippen molar-refractivity contribution in [1.29, 1.82) is 0 Å². The summed E-state index contributed by atoms with van der Waals surface area (Å²) in [7, 11) is 1.29. The Kier molecular flexibility index (Phi) is 8.35. The number of amides is 1. The summed E-state index contributed by atoms with van der Waals surface area (Å²) in [6.07, 6.45) is 0.614. The number of nitrogens with zero attached hydrogens (tertiary/aromatic N) is 1. The Bertz CT molecular complexity index is 888. The van der Waals surface area contributed by atoms with Gasteiger partial charge in [-0.1, -0.05) is 18.2 Å². The molecule has 162 valence electrons. The Morgan fingerprint density at radius 1 is 1.13 bits per heavy atom. The maximum atomic E-state index is 13.4. The van der Waals surface area contributed by atoms with Gasteiger partial charge in [0.1, 0.15) is 5.69 Å². The van der Waals surface area contributed by atoms with Crippen molar-refractivity contribution in [1.82, 2.24) is 9.88 Å². The van der Waals surface area contributed by atoms with Gasteiger partial charge < -0.3 is 19.4 Å². The first-order chi connectivity index (χ1) is 14.3. The standard InChI is InChI=1S/C23H30N2O5/c1-6-30-14-10-13-25(22(27)18-11-8-7-9-12-18)17(4)21(26)19-15(2)20(23(28)29-5)24-16(19)3/h7-9,11-12,17,24H,6,10,13-14H2,1-5H3/t17-/m1/s1. The Balaban J connectivity index is 2.33. The third-order valence-electron chi connectivity index (χ3n) is 5.09. The zero-order valence-corrected chi connectivity index (χ0v) is 18.3. The number of rotatable bonds is 10. The fourth-order valence-corrected chi connectivity index (χ4v) is 3.48. The summed E-state index contributed by atoms with van der Waals surface area (Å²) in [5, 5.41) is 0. The number of ketones is 1. The van der Waals surface area contributed by atoms with E-state index in [1.54, 1.807) is 49.9 Å². The number of benzene rings is 1. The Hall–Kier alpha value is -2.93. The number of Topliss-reactive ketones (excluding diaryl/α,β-unsaturated/α-hetero) is 1. The van der Waals surface area contributed by atoms with Crippen LogP contribution in [-0.4, -0.2) is 60.5 Å². The number of nitrogens with one attached hydrogen (secondary N) is 1. The average Bonchev–Trinajstić information content (AvgIpc) is 3.06. The lowest BCUT2D eigenvalue weighted by Crippen LogP contribution is -2.44. The number of esters is 1. The molecule has 0 fully saturated rings. The minimum Gasteiger partial charge on any atom is -0.464 e. The molecule has 0 unspecified atom stereocenters. The van der Waals surface area contributed by atoms with Gasteiger partial charge in [-0.25, -0.2) is 4.79 Å². The van der Waals surface area contributed by atoms with Crippen molar-refractivity contribution >= 4 is 17.7 Å². The Morgan fingerprint density at radius 3 is 2.40 bits per heavy atom. The van der Waals surface area contributed by atoms with Gasteiger partial charge in [-0.2, -0.15) is 0 Å². The van der Waals surface area contributed by atoms with Crippen LogP contribution in [0.1, 0.15) is 62.7 Å². The van der Waals surface area contributed by atoms with E-state index >= 15 is 0 Å². The van der Waals surface area contributed by atoms with Crippen LogP contribution in [0.25, 0.3) is 0 Å². The second-order valence-electron chi connectivity index (χ2n) is 7.07. The molecule has 0 saturated heterocycles. The van der Waals surface area contributed by atoms with Crippen LogP contribution in [0.2, 0.25) is 0 Å². The number of H-pyrrole nitrogens is 1. The predicted octanol–water partition coefficient (Wildman–Crippen LogP) is 3.56. The largest absolute Gasteiger partial charge is 0.464 e. The third kappa shape index (κ3) is 5.16. The molecule has 0 spiro atoms. The second-order valence-corrected chi connectivity index (χ2v) is 7.07. The topological polar surface area (TPSA) is 88.7 Å². The second kappa shape index (κ2) is 10.7. The molecule has 0 saturated carbocycles. The van der Waals surface area contributed by atoms with E-state index in [2.05, 4.69) is 4.98 Å². The van der Waals surface area contributed by atoms with Crippen molar-refractivity contribution < 1.29 is 23.9 Å². The van der Waals surface area contributed by atoms with Gasteiger partial charge in [-0.15, -0.1) is 0 Å². The molecular weight excluding hydrogens is 384 g/mol. The van der Waals surface area contributed by atoms with Crippen molar-refractivity contribution in [3.05, 3.63) is 58.4 Å². The van der Waals surface area contributed by atoms with Gasteiger partial charge in [0, 0.05) is 36.6 Å². The molecule has 7 heteroatoms. The number of aryl methyl sites for hydroxylation is 1. The number of carbonyl (C=O) groups is 3. The van der Waals surface area contributed by atoms with Crippen LogP contribution in [0.4, 0.5) is 0 Å². The maximum absolute atomic E-state index is 13.4. The normalized spacial score (nSPS) is 11.8. The average molecular weight is 415 g/mol. The van der Waals surface area contributed by atoms with Crippen molar-refractivity contribution in [3.63, 3.8) is 0 Å². The summed E-state index contributed by atoms with van der Waals surface area (Å²) in [5.74, 6) is -0.972. The lowest BCUT2D eigenvalue weighted by atomic mass is 9.99. The molecule has 0 bridgehead atoms. The highest BCUT2D eigenvalue weighted by Gasteiger charge is 2.31. The number of methoxy groups -OCH3 is 1. The van der Waals surface area contributed by atoms with Crippen LogP contribution in [0.15, 0.2) is 30.3 Å². The highest BCUT2D eigenvalue weighted by molar-refractivity contribution is 6.07. The van der Waals surface area contributed by atoms with Crippen LogP contribution < -0.4 is 0 Å².